The van der Waals surface area contributed by atoms with Crippen LogP contribution in [0.1, 0.15) is 62.5 Å². The number of benzene rings is 2. The molecule has 1 aliphatic heterocycles. The van der Waals surface area contributed by atoms with E-state index >= 15 is 0 Å². The van der Waals surface area contributed by atoms with Gasteiger partial charge in [-0.15, -0.1) is 0 Å². The lowest BCUT2D eigenvalue weighted by Gasteiger charge is -2.17. The number of ether oxygens (including phenoxy) is 3. The van der Waals surface area contributed by atoms with Gasteiger partial charge in [0.05, 0.1) is 0 Å². The number of imide groups is 1. The first-order valence-electron chi connectivity index (χ1n) is 14.7. The van der Waals surface area contributed by atoms with E-state index in [1.54, 1.807) is 24.3 Å². The van der Waals surface area contributed by atoms with Crippen LogP contribution in [-0.4, -0.2) is 79.6 Å². The molecule has 0 radical (unpaired) electrons. The number of unbranched alkanes of at least 4 members (excludes halogenated alkanes) is 2. The number of hydrogen-bond donors (Lipinski definition) is 3. The molecule has 44 heavy (non-hydrogen) atoms. The van der Waals surface area contributed by atoms with Gasteiger partial charge in [-0.1, -0.05) is 30.5 Å². The monoisotopic (exact) mass is 611 g/mol. The van der Waals surface area contributed by atoms with Crippen LogP contribution in [0.15, 0.2) is 36.4 Å². The minimum Gasteiger partial charge on any atom is -0.432 e. The van der Waals surface area contributed by atoms with Crippen molar-refractivity contribution in [1.29, 1.82) is 0 Å². The summed E-state index contributed by atoms with van der Waals surface area (Å²) in [5, 5.41) is 14.9. The first-order chi connectivity index (χ1) is 21.3. The Kier molecular flexibility index (Phi) is 11.8. The van der Waals surface area contributed by atoms with Gasteiger partial charge in [0.1, 0.15) is 19.8 Å². The Balaban J connectivity index is 1.49. The van der Waals surface area contributed by atoms with Gasteiger partial charge in [-0.25, -0.2) is 4.79 Å². The number of aliphatic hydroxyl groups excluding tert-OH is 1. The SMILES string of the molecule is CCCCOCC(=O)Nc1ccc2c(c1)C(COC(=O)ON1C(=O)CCC1=O)c1cc(NC(=O)COCCCCO)ccc1-2. The van der Waals surface area contributed by atoms with E-state index in [1.165, 1.54) is 0 Å². The van der Waals surface area contributed by atoms with Crippen LogP contribution in [0.5, 0.6) is 0 Å². The van der Waals surface area contributed by atoms with Crippen molar-refractivity contribution in [2.45, 2.75) is 51.4 Å². The largest absolute Gasteiger partial charge is 0.533 e. The molecule has 1 saturated heterocycles. The van der Waals surface area contributed by atoms with Gasteiger partial charge in [-0.05, 0) is 65.8 Å². The Labute approximate surface area is 254 Å². The predicted octanol–water partition coefficient (Wildman–Crippen LogP) is 3.50. The van der Waals surface area contributed by atoms with Crippen molar-refractivity contribution in [1.82, 2.24) is 5.06 Å². The maximum atomic E-state index is 12.5. The van der Waals surface area contributed by atoms with E-state index in [-0.39, 0.29) is 51.1 Å². The number of amides is 4. The van der Waals surface area contributed by atoms with Crippen molar-refractivity contribution >= 4 is 41.2 Å². The first kappa shape index (κ1) is 32.6. The number of nitrogens with one attached hydrogen (secondary N) is 2. The summed E-state index contributed by atoms with van der Waals surface area (Å²) in [6, 6.07) is 10.7. The Morgan fingerprint density at radius 2 is 1.39 bits per heavy atom. The molecule has 4 rings (SSSR count). The predicted molar refractivity (Wildman–Crippen MR) is 157 cm³/mol. The number of carbonyl (C=O) groups is 5. The summed E-state index contributed by atoms with van der Waals surface area (Å²) < 4.78 is 16.1. The molecule has 2 aliphatic rings. The molecule has 13 heteroatoms. The summed E-state index contributed by atoms with van der Waals surface area (Å²) in [4.78, 5) is 65.9. The van der Waals surface area contributed by atoms with E-state index < -0.39 is 23.9 Å². The van der Waals surface area contributed by atoms with E-state index in [0.29, 0.717) is 42.5 Å². The van der Waals surface area contributed by atoms with Gasteiger partial charge in [-0.2, -0.15) is 0 Å². The third-order valence-corrected chi connectivity index (χ3v) is 7.06. The molecule has 4 amide bonds. The van der Waals surface area contributed by atoms with Crippen LogP contribution in [0.25, 0.3) is 11.1 Å². The molecule has 0 bridgehead atoms. The molecule has 2 aromatic carbocycles. The van der Waals surface area contributed by atoms with Gasteiger partial charge in [0.15, 0.2) is 0 Å². The fraction of sp³-hybridized carbons (Fsp3) is 0.452. The zero-order valence-corrected chi connectivity index (χ0v) is 24.6. The molecule has 0 aromatic heterocycles. The summed E-state index contributed by atoms with van der Waals surface area (Å²) in [5.74, 6) is -2.44. The van der Waals surface area contributed by atoms with Crippen molar-refractivity contribution in [3.05, 3.63) is 47.5 Å². The van der Waals surface area contributed by atoms with Gasteiger partial charge < -0.3 is 30.0 Å². The van der Waals surface area contributed by atoms with Crippen LogP contribution >= 0.6 is 0 Å². The van der Waals surface area contributed by atoms with E-state index in [4.69, 9.17) is 24.2 Å². The Bertz CT molecular complexity index is 1360. The Morgan fingerprint density at radius 3 is 1.91 bits per heavy atom. The second-order valence-corrected chi connectivity index (χ2v) is 10.4. The van der Waals surface area contributed by atoms with E-state index in [1.807, 2.05) is 19.1 Å². The number of nitrogens with zero attached hydrogens (tertiary/aromatic N) is 1. The maximum Gasteiger partial charge on any atom is 0.533 e. The van der Waals surface area contributed by atoms with Gasteiger partial charge in [-0.3, -0.25) is 24.0 Å². The summed E-state index contributed by atoms with van der Waals surface area (Å²) in [6.45, 7) is 2.48. The average molecular weight is 612 g/mol. The van der Waals surface area contributed by atoms with Gasteiger partial charge in [0.25, 0.3) is 11.8 Å². The highest BCUT2D eigenvalue weighted by Gasteiger charge is 2.35. The zero-order valence-electron chi connectivity index (χ0n) is 24.6. The van der Waals surface area contributed by atoms with Gasteiger partial charge in [0, 0.05) is 50.0 Å². The van der Waals surface area contributed by atoms with Crippen LogP contribution in [0.3, 0.4) is 0 Å². The number of hydrogen-bond acceptors (Lipinski definition) is 10. The lowest BCUT2D eigenvalue weighted by Crippen LogP contribution is -2.32. The normalized spacial score (nSPS) is 15.1. The second-order valence-electron chi connectivity index (χ2n) is 10.4. The average Bonchev–Trinajstić information content (AvgIpc) is 3.48. The molecule has 3 N–H and O–H groups in total. The summed E-state index contributed by atoms with van der Waals surface area (Å²) in [6.07, 6.45) is 1.74. The van der Waals surface area contributed by atoms with E-state index in [9.17, 15) is 24.0 Å². The molecule has 0 saturated carbocycles. The minimum absolute atomic E-state index is 0.0458. The van der Waals surface area contributed by atoms with Crippen molar-refractivity contribution in [2.75, 3.05) is 50.3 Å². The molecule has 1 atom stereocenters. The molecule has 13 nitrogen and oxygen atoms in total. The Morgan fingerprint density at radius 1 is 0.841 bits per heavy atom. The van der Waals surface area contributed by atoms with Crippen molar-refractivity contribution < 1.29 is 48.1 Å². The van der Waals surface area contributed by atoms with Crippen molar-refractivity contribution in [2.24, 2.45) is 0 Å². The minimum atomic E-state index is -1.21. The number of fused-ring (bicyclic) bond motifs is 3. The van der Waals surface area contributed by atoms with Crippen LogP contribution < -0.4 is 10.6 Å². The van der Waals surface area contributed by atoms with E-state index in [2.05, 4.69) is 10.6 Å². The third kappa shape index (κ3) is 8.62. The fourth-order valence-electron chi connectivity index (χ4n) is 4.89. The number of hydroxylamine groups is 2. The standard InChI is InChI=1S/C31H37N3O10/c1-2-3-13-41-18-27(36)32-20-6-8-22-23-9-7-21(33-28(37)19-42-14-5-4-12-35)16-25(23)26(24(22)15-20)17-43-31(40)44-34-29(38)10-11-30(34)39/h6-9,15-16,26,35H,2-5,10-14,17-19H2,1H3,(H,32,36)(H,33,37). The second kappa shape index (κ2) is 15.9. The first-order valence-corrected chi connectivity index (χ1v) is 14.7. The molecule has 236 valence electrons. The number of rotatable bonds is 16. The molecule has 0 spiro atoms. The van der Waals surface area contributed by atoms with Crippen LogP contribution in [0.4, 0.5) is 16.2 Å². The lowest BCUT2D eigenvalue weighted by atomic mass is 9.97. The zero-order chi connectivity index (χ0) is 31.5. The number of anilines is 2. The topological polar surface area (TPSA) is 170 Å². The molecular weight excluding hydrogens is 574 g/mol. The third-order valence-electron chi connectivity index (χ3n) is 7.06. The maximum absolute atomic E-state index is 12.5. The smallest absolute Gasteiger partial charge is 0.432 e. The molecular formula is C31H37N3O10. The van der Waals surface area contributed by atoms with Crippen molar-refractivity contribution in [3.8, 4) is 11.1 Å². The van der Waals surface area contributed by atoms with Gasteiger partial charge in [0.2, 0.25) is 11.8 Å². The molecule has 1 fully saturated rings. The van der Waals surface area contributed by atoms with Crippen LogP contribution in [0, 0.1) is 0 Å². The summed E-state index contributed by atoms with van der Waals surface area (Å²) >= 11 is 0. The van der Waals surface area contributed by atoms with Crippen LogP contribution in [-0.2, 0) is 38.2 Å². The lowest BCUT2D eigenvalue weighted by molar-refractivity contribution is -0.177. The highest BCUT2D eigenvalue weighted by atomic mass is 16.8. The molecule has 1 unspecified atom stereocenters. The molecule has 1 aliphatic carbocycles. The fourth-order valence-corrected chi connectivity index (χ4v) is 4.89. The van der Waals surface area contributed by atoms with E-state index in [0.717, 1.165) is 35.1 Å². The number of aliphatic hydroxyl groups is 1. The van der Waals surface area contributed by atoms with Gasteiger partial charge >= 0.3 is 6.16 Å². The quantitative estimate of drug-likeness (QED) is 0.145. The highest BCUT2D eigenvalue weighted by molar-refractivity contribution is 6.01. The summed E-state index contributed by atoms with van der Waals surface area (Å²) in [5.41, 5.74) is 4.20. The highest BCUT2D eigenvalue weighted by Crippen LogP contribution is 2.47. The van der Waals surface area contributed by atoms with Crippen molar-refractivity contribution in [3.63, 3.8) is 0 Å². The van der Waals surface area contributed by atoms with Crippen LogP contribution in [0.2, 0.25) is 0 Å². The summed E-state index contributed by atoms with van der Waals surface area (Å²) in [7, 11) is 0. The Hall–Kier alpha value is -4.33. The molecule has 2 aromatic rings. The number of carbonyl (C=O) groups excluding carboxylic acids is 5. The molecule has 1 heterocycles.